The number of carbonyl (C=O) groups is 2. The van der Waals surface area contributed by atoms with E-state index in [1.165, 1.54) is 26.4 Å². The van der Waals surface area contributed by atoms with Crippen LogP contribution in [0.25, 0.3) is 0 Å². The molecular weight excluding hydrogens is 360 g/mol. The fourth-order valence-corrected chi connectivity index (χ4v) is 2.46. The van der Waals surface area contributed by atoms with Crippen molar-refractivity contribution in [2.24, 2.45) is 0 Å². The molecule has 0 heterocycles. The predicted octanol–water partition coefficient (Wildman–Crippen LogP) is 3.80. The molecule has 2 aromatic rings. The molecule has 0 saturated carbocycles. The quantitative estimate of drug-likeness (QED) is 0.514. The lowest BCUT2D eigenvalue weighted by Gasteiger charge is -2.11. The molecular formula is C19H19ClO6. The van der Waals surface area contributed by atoms with Crippen LogP contribution in [0.3, 0.4) is 0 Å². The number of benzene rings is 2. The molecule has 0 aliphatic heterocycles. The lowest BCUT2D eigenvalue weighted by molar-refractivity contribution is 0.0474. The monoisotopic (exact) mass is 378 g/mol. The molecule has 26 heavy (non-hydrogen) atoms. The molecule has 0 aromatic heterocycles. The summed E-state index contributed by atoms with van der Waals surface area (Å²) in [6.07, 6.45) is 0. The normalized spacial score (nSPS) is 10.2. The molecule has 0 spiro atoms. The van der Waals surface area contributed by atoms with Crippen molar-refractivity contribution < 1.29 is 28.5 Å². The summed E-state index contributed by atoms with van der Waals surface area (Å²) in [6.45, 7) is 1.91. The van der Waals surface area contributed by atoms with Crippen molar-refractivity contribution in [2.75, 3.05) is 27.4 Å². The van der Waals surface area contributed by atoms with E-state index < -0.39 is 12.6 Å². The van der Waals surface area contributed by atoms with Crippen molar-refractivity contribution in [3.05, 3.63) is 52.5 Å². The molecule has 2 aromatic carbocycles. The largest absolute Gasteiger partial charge is 0.495 e. The van der Waals surface area contributed by atoms with Gasteiger partial charge in [-0.05, 0) is 43.3 Å². The summed E-state index contributed by atoms with van der Waals surface area (Å²) in [7, 11) is 2.96. The van der Waals surface area contributed by atoms with Gasteiger partial charge in [0.25, 0.3) is 0 Å². The van der Waals surface area contributed by atoms with Gasteiger partial charge in [-0.25, -0.2) is 4.79 Å². The van der Waals surface area contributed by atoms with E-state index >= 15 is 0 Å². The Balaban J connectivity index is 2.04. The molecule has 138 valence electrons. The Morgan fingerprint density at radius 1 is 0.923 bits per heavy atom. The number of esters is 1. The first-order chi connectivity index (χ1) is 12.5. The van der Waals surface area contributed by atoms with Gasteiger partial charge < -0.3 is 18.9 Å². The molecule has 7 heteroatoms. The summed E-state index contributed by atoms with van der Waals surface area (Å²) in [4.78, 5) is 24.3. The molecule has 2 rings (SSSR count). The first kappa shape index (κ1) is 19.6. The maximum Gasteiger partial charge on any atom is 0.338 e. The fraction of sp³-hybridized carbons (Fsp3) is 0.263. The Bertz CT molecular complexity index is 803. The lowest BCUT2D eigenvalue weighted by atomic mass is 10.1. The van der Waals surface area contributed by atoms with Crippen LogP contribution in [0, 0.1) is 0 Å². The zero-order valence-electron chi connectivity index (χ0n) is 14.7. The van der Waals surface area contributed by atoms with E-state index in [1.807, 2.05) is 6.92 Å². The van der Waals surface area contributed by atoms with Crippen LogP contribution >= 0.6 is 11.6 Å². The highest BCUT2D eigenvalue weighted by molar-refractivity contribution is 6.32. The van der Waals surface area contributed by atoms with Crippen LogP contribution < -0.4 is 14.2 Å². The number of Topliss-reactive ketones (excluding diaryl/α,β-unsaturated/α-hetero) is 1. The zero-order chi connectivity index (χ0) is 19.1. The van der Waals surface area contributed by atoms with Gasteiger partial charge in [-0.2, -0.15) is 0 Å². The number of rotatable bonds is 8. The van der Waals surface area contributed by atoms with Crippen LogP contribution in [0.1, 0.15) is 27.6 Å². The second-order valence-corrected chi connectivity index (χ2v) is 5.55. The van der Waals surface area contributed by atoms with Crippen molar-refractivity contribution in [3.63, 3.8) is 0 Å². The lowest BCUT2D eigenvalue weighted by Crippen LogP contribution is -2.14. The topological polar surface area (TPSA) is 71.1 Å². The summed E-state index contributed by atoms with van der Waals surface area (Å²) < 4.78 is 20.7. The summed E-state index contributed by atoms with van der Waals surface area (Å²) in [5.41, 5.74) is 0.582. The molecule has 0 saturated heterocycles. The van der Waals surface area contributed by atoms with Gasteiger partial charge in [-0.15, -0.1) is 0 Å². The van der Waals surface area contributed by atoms with Crippen LogP contribution in [0.15, 0.2) is 36.4 Å². The summed E-state index contributed by atoms with van der Waals surface area (Å²) >= 11 is 6.00. The average molecular weight is 379 g/mol. The van der Waals surface area contributed by atoms with E-state index in [0.29, 0.717) is 34.4 Å². The van der Waals surface area contributed by atoms with Gasteiger partial charge >= 0.3 is 5.97 Å². The molecule has 6 nitrogen and oxygen atoms in total. The minimum Gasteiger partial charge on any atom is -0.495 e. The number of ether oxygens (including phenoxy) is 4. The van der Waals surface area contributed by atoms with E-state index in [9.17, 15) is 9.59 Å². The Morgan fingerprint density at radius 3 is 2.19 bits per heavy atom. The van der Waals surface area contributed by atoms with Crippen LogP contribution in [-0.2, 0) is 4.74 Å². The van der Waals surface area contributed by atoms with Crippen molar-refractivity contribution >= 4 is 23.4 Å². The highest BCUT2D eigenvalue weighted by Gasteiger charge is 2.15. The number of halogens is 1. The number of hydrogen-bond acceptors (Lipinski definition) is 6. The Kier molecular flexibility index (Phi) is 6.86. The standard InChI is InChI=1S/C19H19ClO6/c1-4-25-17-8-6-13(10-18(17)24-3)19(22)26-11-15(21)12-5-7-16(23-2)14(20)9-12/h5-10H,4,11H2,1-3H3. The molecule has 0 fully saturated rings. The van der Waals surface area contributed by atoms with E-state index in [-0.39, 0.29) is 11.3 Å². The minimum atomic E-state index is -0.640. The van der Waals surface area contributed by atoms with Crippen molar-refractivity contribution in [1.29, 1.82) is 0 Å². The molecule has 0 atom stereocenters. The number of carbonyl (C=O) groups excluding carboxylic acids is 2. The Hall–Kier alpha value is -2.73. The summed E-state index contributed by atoms with van der Waals surface area (Å²) in [5.74, 6) is 0.381. The first-order valence-corrected chi connectivity index (χ1v) is 8.22. The van der Waals surface area contributed by atoms with E-state index in [2.05, 4.69) is 0 Å². The molecule has 0 amide bonds. The van der Waals surface area contributed by atoms with Gasteiger partial charge in [-0.3, -0.25) is 4.79 Å². The van der Waals surface area contributed by atoms with Gasteiger partial charge in [0, 0.05) is 5.56 Å². The minimum absolute atomic E-state index is 0.255. The van der Waals surface area contributed by atoms with Crippen LogP contribution in [0.4, 0.5) is 0 Å². The molecule has 0 N–H and O–H groups in total. The van der Waals surface area contributed by atoms with E-state index in [0.717, 1.165) is 0 Å². The molecule has 0 bridgehead atoms. The molecule has 0 unspecified atom stereocenters. The third kappa shape index (κ3) is 4.67. The van der Waals surface area contributed by atoms with Gasteiger partial charge in [0.15, 0.2) is 23.9 Å². The second kappa shape index (κ2) is 9.10. The highest BCUT2D eigenvalue weighted by atomic mass is 35.5. The number of hydrogen-bond donors (Lipinski definition) is 0. The van der Waals surface area contributed by atoms with Crippen molar-refractivity contribution in [3.8, 4) is 17.2 Å². The maximum absolute atomic E-state index is 12.2. The highest BCUT2D eigenvalue weighted by Crippen LogP contribution is 2.28. The summed E-state index contributed by atoms with van der Waals surface area (Å²) in [6, 6.07) is 9.27. The Morgan fingerprint density at radius 2 is 1.58 bits per heavy atom. The van der Waals surface area contributed by atoms with Crippen LogP contribution in [0.2, 0.25) is 5.02 Å². The molecule has 0 radical (unpaired) electrons. The smallest absolute Gasteiger partial charge is 0.338 e. The van der Waals surface area contributed by atoms with Gasteiger partial charge in [0.1, 0.15) is 5.75 Å². The maximum atomic E-state index is 12.2. The number of methoxy groups -OCH3 is 2. The zero-order valence-corrected chi connectivity index (χ0v) is 15.5. The van der Waals surface area contributed by atoms with Gasteiger partial charge in [0.2, 0.25) is 0 Å². The molecule has 0 aliphatic rings. The van der Waals surface area contributed by atoms with Gasteiger partial charge in [-0.1, -0.05) is 11.6 Å². The third-order valence-corrected chi connectivity index (χ3v) is 3.80. The first-order valence-electron chi connectivity index (χ1n) is 7.84. The van der Waals surface area contributed by atoms with Gasteiger partial charge in [0.05, 0.1) is 31.4 Å². The van der Waals surface area contributed by atoms with Crippen molar-refractivity contribution in [2.45, 2.75) is 6.92 Å². The predicted molar refractivity (Wildman–Crippen MR) is 96.8 cm³/mol. The average Bonchev–Trinajstić information content (AvgIpc) is 2.66. The van der Waals surface area contributed by atoms with Crippen molar-refractivity contribution in [1.82, 2.24) is 0 Å². The van der Waals surface area contributed by atoms with E-state index in [4.69, 9.17) is 30.5 Å². The SMILES string of the molecule is CCOc1ccc(C(=O)OCC(=O)c2ccc(OC)c(Cl)c2)cc1OC. The number of ketones is 1. The Labute approximate surface area is 156 Å². The van der Waals surface area contributed by atoms with Crippen LogP contribution in [-0.4, -0.2) is 39.2 Å². The summed E-state index contributed by atoms with van der Waals surface area (Å²) in [5, 5.41) is 0.306. The fourth-order valence-electron chi connectivity index (χ4n) is 2.21. The molecule has 0 aliphatic carbocycles. The van der Waals surface area contributed by atoms with E-state index in [1.54, 1.807) is 24.3 Å². The third-order valence-electron chi connectivity index (χ3n) is 3.51. The van der Waals surface area contributed by atoms with Crippen LogP contribution in [0.5, 0.6) is 17.2 Å². The second-order valence-electron chi connectivity index (χ2n) is 5.15.